The van der Waals surface area contributed by atoms with Gasteiger partial charge in [0.25, 0.3) is 0 Å². The van der Waals surface area contributed by atoms with Gasteiger partial charge in [0.05, 0.1) is 0 Å². The van der Waals surface area contributed by atoms with Gasteiger partial charge < -0.3 is 13.7 Å². The Bertz CT molecular complexity index is 3200. The number of rotatable bonds is 6. The van der Waals surface area contributed by atoms with Crippen molar-refractivity contribution in [2.24, 2.45) is 0 Å². The first-order valence-corrected chi connectivity index (χ1v) is 18.6. The Morgan fingerprint density at radius 3 is 1.47 bits per heavy atom. The maximum absolute atomic E-state index is 6.36. The van der Waals surface area contributed by atoms with Crippen LogP contribution in [-0.4, -0.2) is 0 Å². The van der Waals surface area contributed by atoms with Gasteiger partial charge in [0.1, 0.15) is 22.3 Å². The molecule has 9 aromatic carbocycles. The quantitative estimate of drug-likeness (QED) is 0.173. The first-order chi connectivity index (χ1) is 27.2. The molecule has 0 amide bonds. The van der Waals surface area contributed by atoms with E-state index in [9.17, 15) is 0 Å². The summed E-state index contributed by atoms with van der Waals surface area (Å²) in [7, 11) is 0. The van der Waals surface area contributed by atoms with E-state index in [0.717, 1.165) is 77.6 Å². The maximum atomic E-state index is 6.36. The van der Waals surface area contributed by atoms with Crippen molar-refractivity contribution >= 4 is 71.7 Å². The third-order valence-corrected chi connectivity index (χ3v) is 10.9. The molecule has 0 N–H and O–H groups in total. The zero-order valence-corrected chi connectivity index (χ0v) is 29.8. The average molecular weight is 704 g/mol. The lowest BCUT2D eigenvalue weighted by molar-refractivity contribution is 0.668. The van der Waals surface area contributed by atoms with Crippen LogP contribution in [0, 0.1) is 0 Å². The zero-order chi connectivity index (χ0) is 36.3. The van der Waals surface area contributed by atoms with Gasteiger partial charge in [-0.05, 0) is 117 Å². The van der Waals surface area contributed by atoms with Gasteiger partial charge in [-0.1, -0.05) is 121 Å². The number of furan rings is 2. The van der Waals surface area contributed by atoms with Crippen LogP contribution in [0.4, 0.5) is 17.1 Å². The standard InChI is InChI=1S/C52H33NO2/c1-2-9-37-31-40(17-16-34(37)8-1)39-11-7-10-38(30-39)35-18-23-42(24-19-35)53(44-27-28-47-45-12-3-5-14-49(45)55-52(47)33-44)43-25-20-36(21-26-43)41-22-29-51-48(32-41)46-13-4-6-15-50(46)54-51/h1-33H. The molecule has 0 saturated carbocycles. The number of para-hydroxylation sites is 2. The van der Waals surface area contributed by atoms with Crippen LogP contribution in [0.5, 0.6) is 0 Å². The largest absolute Gasteiger partial charge is 0.456 e. The van der Waals surface area contributed by atoms with Gasteiger partial charge in [-0.25, -0.2) is 0 Å². The second-order valence-electron chi connectivity index (χ2n) is 14.2. The second-order valence-corrected chi connectivity index (χ2v) is 14.2. The highest BCUT2D eigenvalue weighted by Crippen LogP contribution is 2.41. The summed E-state index contributed by atoms with van der Waals surface area (Å²) >= 11 is 0. The lowest BCUT2D eigenvalue weighted by Crippen LogP contribution is -2.09. The number of benzene rings is 9. The van der Waals surface area contributed by atoms with E-state index in [1.165, 1.54) is 27.5 Å². The minimum atomic E-state index is 0.864. The second kappa shape index (κ2) is 12.6. The molecule has 0 radical (unpaired) electrons. The zero-order valence-electron chi connectivity index (χ0n) is 29.8. The lowest BCUT2D eigenvalue weighted by Gasteiger charge is -2.26. The number of hydrogen-bond acceptors (Lipinski definition) is 3. The van der Waals surface area contributed by atoms with Crippen molar-refractivity contribution in [1.29, 1.82) is 0 Å². The number of nitrogens with zero attached hydrogens (tertiary/aromatic N) is 1. The molecule has 2 aromatic heterocycles. The minimum Gasteiger partial charge on any atom is -0.456 e. The van der Waals surface area contributed by atoms with Crippen LogP contribution in [0.3, 0.4) is 0 Å². The van der Waals surface area contributed by atoms with Crippen molar-refractivity contribution in [3.05, 3.63) is 200 Å². The van der Waals surface area contributed by atoms with Crippen LogP contribution >= 0.6 is 0 Å². The predicted molar refractivity (Wildman–Crippen MR) is 229 cm³/mol. The molecule has 0 saturated heterocycles. The van der Waals surface area contributed by atoms with E-state index in [2.05, 4.69) is 181 Å². The molecule has 11 rings (SSSR count). The Hall–Kier alpha value is -7.36. The summed E-state index contributed by atoms with van der Waals surface area (Å²) in [5.74, 6) is 0. The number of anilines is 3. The average Bonchev–Trinajstić information content (AvgIpc) is 3.82. The molecule has 2 heterocycles. The molecule has 3 heteroatoms. The summed E-state index contributed by atoms with van der Waals surface area (Å²) in [6.45, 7) is 0. The molecule has 0 aliphatic rings. The van der Waals surface area contributed by atoms with Crippen molar-refractivity contribution < 1.29 is 8.83 Å². The molecular formula is C52H33NO2. The van der Waals surface area contributed by atoms with Gasteiger partial charge in [-0.15, -0.1) is 0 Å². The topological polar surface area (TPSA) is 29.5 Å². The molecule has 0 aliphatic heterocycles. The van der Waals surface area contributed by atoms with Gasteiger partial charge in [-0.2, -0.15) is 0 Å². The van der Waals surface area contributed by atoms with Crippen LogP contribution in [0.1, 0.15) is 0 Å². The lowest BCUT2D eigenvalue weighted by atomic mass is 9.97. The Labute approximate surface area is 317 Å². The molecule has 0 atom stereocenters. The van der Waals surface area contributed by atoms with Crippen LogP contribution in [0.25, 0.3) is 88.0 Å². The highest BCUT2D eigenvalue weighted by atomic mass is 16.3. The first-order valence-electron chi connectivity index (χ1n) is 18.6. The Morgan fingerprint density at radius 1 is 0.255 bits per heavy atom. The fourth-order valence-electron chi connectivity index (χ4n) is 8.06. The van der Waals surface area contributed by atoms with E-state index in [1.54, 1.807) is 0 Å². The third kappa shape index (κ3) is 5.45. The minimum absolute atomic E-state index is 0.864. The summed E-state index contributed by atoms with van der Waals surface area (Å²) in [5, 5.41) is 6.99. The maximum Gasteiger partial charge on any atom is 0.137 e. The monoisotopic (exact) mass is 703 g/mol. The molecule has 3 nitrogen and oxygen atoms in total. The van der Waals surface area contributed by atoms with Crippen LogP contribution in [0.2, 0.25) is 0 Å². The third-order valence-electron chi connectivity index (χ3n) is 10.9. The smallest absolute Gasteiger partial charge is 0.137 e. The first kappa shape index (κ1) is 31.2. The Kier molecular flexibility index (Phi) is 7.17. The van der Waals surface area contributed by atoms with Crippen LogP contribution in [-0.2, 0) is 0 Å². The van der Waals surface area contributed by atoms with E-state index in [4.69, 9.17) is 8.83 Å². The van der Waals surface area contributed by atoms with Gasteiger partial charge in [0.15, 0.2) is 0 Å². The van der Waals surface area contributed by atoms with Crippen molar-refractivity contribution in [2.75, 3.05) is 4.90 Å². The summed E-state index contributed by atoms with van der Waals surface area (Å²) in [6.07, 6.45) is 0. The predicted octanol–water partition coefficient (Wildman–Crippen LogP) is 15.1. The number of fused-ring (bicyclic) bond motifs is 7. The Morgan fingerprint density at radius 2 is 0.745 bits per heavy atom. The van der Waals surface area contributed by atoms with Gasteiger partial charge in [0, 0.05) is 44.7 Å². The van der Waals surface area contributed by atoms with Gasteiger partial charge in [0.2, 0.25) is 0 Å². The van der Waals surface area contributed by atoms with Crippen molar-refractivity contribution in [3.63, 3.8) is 0 Å². The molecular weight excluding hydrogens is 671 g/mol. The fraction of sp³-hybridized carbons (Fsp3) is 0. The van der Waals surface area contributed by atoms with E-state index >= 15 is 0 Å². The summed E-state index contributed by atoms with van der Waals surface area (Å²) < 4.78 is 12.5. The molecule has 0 aliphatic carbocycles. The SMILES string of the molecule is c1cc(-c2ccc(N(c3ccc(-c4ccc5oc6ccccc6c5c4)cc3)c3ccc4c(c3)oc3ccccc34)cc2)cc(-c2ccc3ccccc3c2)c1. The van der Waals surface area contributed by atoms with Crippen molar-refractivity contribution in [3.8, 4) is 33.4 Å². The fourth-order valence-corrected chi connectivity index (χ4v) is 8.06. The summed E-state index contributed by atoms with van der Waals surface area (Å²) in [6, 6.07) is 71.2. The van der Waals surface area contributed by atoms with Crippen molar-refractivity contribution in [2.45, 2.75) is 0 Å². The Balaban J connectivity index is 0.974. The summed E-state index contributed by atoms with van der Waals surface area (Å²) in [4.78, 5) is 2.30. The molecule has 0 fully saturated rings. The van der Waals surface area contributed by atoms with Crippen LogP contribution < -0.4 is 4.90 Å². The van der Waals surface area contributed by atoms with E-state index in [1.807, 2.05) is 24.3 Å². The molecule has 11 aromatic rings. The van der Waals surface area contributed by atoms with Crippen molar-refractivity contribution in [1.82, 2.24) is 0 Å². The van der Waals surface area contributed by atoms with Gasteiger partial charge >= 0.3 is 0 Å². The highest BCUT2D eigenvalue weighted by Gasteiger charge is 2.17. The highest BCUT2D eigenvalue weighted by molar-refractivity contribution is 6.07. The van der Waals surface area contributed by atoms with E-state index in [0.29, 0.717) is 0 Å². The van der Waals surface area contributed by atoms with E-state index in [-0.39, 0.29) is 0 Å². The molecule has 0 spiro atoms. The molecule has 258 valence electrons. The summed E-state index contributed by atoms with van der Waals surface area (Å²) in [5.41, 5.74) is 13.8. The molecule has 0 bridgehead atoms. The number of hydrogen-bond donors (Lipinski definition) is 0. The normalized spacial score (nSPS) is 11.6. The van der Waals surface area contributed by atoms with Crippen LogP contribution in [0.15, 0.2) is 209 Å². The molecule has 0 unspecified atom stereocenters. The van der Waals surface area contributed by atoms with Gasteiger partial charge in [-0.3, -0.25) is 0 Å². The van der Waals surface area contributed by atoms with E-state index < -0.39 is 0 Å². The molecule has 55 heavy (non-hydrogen) atoms.